The molecule has 112 valence electrons. The zero-order chi connectivity index (χ0) is 14.2. The van der Waals surface area contributed by atoms with Gasteiger partial charge in [-0.15, -0.1) is 0 Å². The first kappa shape index (κ1) is 14.8. The molecule has 1 aromatic heterocycles. The maximum absolute atomic E-state index is 5.47. The molecule has 1 aromatic rings. The Bertz CT molecular complexity index is 410. The molecule has 2 N–H and O–H groups in total. The van der Waals surface area contributed by atoms with Crippen LogP contribution >= 0.6 is 0 Å². The van der Waals surface area contributed by atoms with Crippen LogP contribution in [-0.4, -0.2) is 48.4 Å². The summed E-state index contributed by atoms with van der Waals surface area (Å²) < 4.78 is 10.8. The first-order valence-corrected chi connectivity index (χ1v) is 7.20. The molecule has 1 aliphatic heterocycles. The highest BCUT2D eigenvalue weighted by molar-refractivity contribution is 5.35. The van der Waals surface area contributed by atoms with Crippen molar-refractivity contribution in [1.29, 1.82) is 0 Å². The van der Waals surface area contributed by atoms with Crippen LogP contribution < -0.4 is 15.4 Å². The van der Waals surface area contributed by atoms with Crippen molar-refractivity contribution in [3.8, 4) is 6.01 Å². The third-order valence-corrected chi connectivity index (χ3v) is 3.16. The lowest BCUT2D eigenvalue weighted by Crippen LogP contribution is -2.23. The van der Waals surface area contributed by atoms with Gasteiger partial charge in [-0.05, 0) is 25.2 Å². The van der Waals surface area contributed by atoms with Crippen LogP contribution in [0.4, 0.5) is 11.9 Å². The normalized spacial score (nSPS) is 15.9. The Morgan fingerprint density at radius 3 is 2.65 bits per heavy atom. The smallest absolute Gasteiger partial charge is 0.323 e. The van der Waals surface area contributed by atoms with E-state index in [4.69, 9.17) is 9.47 Å². The van der Waals surface area contributed by atoms with Crippen LogP contribution in [0.15, 0.2) is 0 Å². The molecular weight excluding hydrogens is 258 g/mol. The molecule has 2 rings (SSSR count). The zero-order valence-electron chi connectivity index (χ0n) is 12.2. The van der Waals surface area contributed by atoms with Crippen LogP contribution in [0.3, 0.4) is 0 Å². The number of aromatic nitrogens is 3. The lowest BCUT2D eigenvalue weighted by atomic mass is 10.0. The molecule has 0 saturated carbocycles. The molecule has 2 heterocycles. The lowest BCUT2D eigenvalue weighted by molar-refractivity contribution is 0.0699. The lowest BCUT2D eigenvalue weighted by Gasteiger charge is -2.22. The summed E-state index contributed by atoms with van der Waals surface area (Å²) in [6.07, 6.45) is 3.08. The minimum Gasteiger partial charge on any atom is -0.463 e. The summed E-state index contributed by atoms with van der Waals surface area (Å²) in [5.41, 5.74) is 0. The fraction of sp³-hybridized carbons (Fsp3) is 0.769. The van der Waals surface area contributed by atoms with Gasteiger partial charge >= 0.3 is 6.01 Å². The van der Waals surface area contributed by atoms with Crippen molar-refractivity contribution in [3.63, 3.8) is 0 Å². The van der Waals surface area contributed by atoms with Gasteiger partial charge in [0.15, 0.2) is 0 Å². The van der Waals surface area contributed by atoms with E-state index in [1.807, 2.05) is 6.92 Å². The van der Waals surface area contributed by atoms with Gasteiger partial charge in [-0.25, -0.2) is 0 Å². The Balaban J connectivity index is 1.94. The van der Waals surface area contributed by atoms with E-state index in [0.29, 0.717) is 30.4 Å². The van der Waals surface area contributed by atoms with E-state index >= 15 is 0 Å². The van der Waals surface area contributed by atoms with Crippen molar-refractivity contribution < 1.29 is 9.47 Å². The SMILES string of the molecule is CCCOc1nc(NC)nc(NCC2CCOCC2)n1. The van der Waals surface area contributed by atoms with Gasteiger partial charge in [-0.2, -0.15) is 15.0 Å². The van der Waals surface area contributed by atoms with Crippen LogP contribution in [0.25, 0.3) is 0 Å². The number of hydrogen-bond acceptors (Lipinski definition) is 7. The maximum Gasteiger partial charge on any atom is 0.323 e. The number of nitrogens with one attached hydrogen (secondary N) is 2. The Morgan fingerprint density at radius 2 is 1.95 bits per heavy atom. The van der Waals surface area contributed by atoms with E-state index < -0.39 is 0 Å². The number of rotatable bonds is 7. The standard InChI is InChI=1S/C13H23N5O2/c1-3-6-20-13-17-11(14-2)16-12(18-13)15-9-10-4-7-19-8-5-10/h10H,3-9H2,1-2H3,(H2,14,15,16,17,18). The number of anilines is 2. The molecule has 1 aliphatic rings. The van der Waals surface area contributed by atoms with Gasteiger partial charge in [0.25, 0.3) is 0 Å². The summed E-state index contributed by atoms with van der Waals surface area (Å²) >= 11 is 0. The molecule has 0 bridgehead atoms. The minimum absolute atomic E-state index is 0.362. The van der Waals surface area contributed by atoms with Crippen molar-refractivity contribution >= 4 is 11.9 Å². The number of ether oxygens (including phenoxy) is 2. The van der Waals surface area contributed by atoms with E-state index in [1.165, 1.54) is 0 Å². The monoisotopic (exact) mass is 281 g/mol. The van der Waals surface area contributed by atoms with E-state index in [2.05, 4.69) is 25.6 Å². The topological polar surface area (TPSA) is 81.2 Å². The van der Waals surface area contributed by atoms with Gasteiger partial charge in [-0.1, -0.05) is 6.92 Å². The largest absolute Gasteiger partial charge is 0.463 e. The molecule has 20 heavy (non-hydrogen) atoms. The Morgan fingerprint density at radius 1 is 1.20 bits per heavy atom. The van der Waals surface area contributed by atoms with Gasteiger partial charge in [0, 0.05) is 26.8 Å². The maximum atomic E-state index is 5.47. The highest BCUT2D eigenvalue weighted by Crippen LogP contribution is 2.16. The Hall–Kier alpha value is -1.63. The third kappa shape index (κ3) is 4.48. The predicted molar refractivity (Wildman–Crippen MR) is 77.2 cm³/mol. The molecule has 0 amide bonds. The quantitative estimate of drug-likeness (QED) is 0.784. The first-order valence-electron chi connectivity index (χ1n) is 7.20. The minimum atomic E-state index is 0.362. The van der Waals surface area contributed by atoms with Crippen molar-refractivity contribution in [1.82, 2.24) is 15.0 Å². The molecule has 7 nitrogen and oxygen atoms in total. The summed E-state index contributed by atoms with van der Waals surface area (Å²) in [6, 6.07) is 0.362. The van der Waals surface area contributed by atoms with Gasteiger partial charge in [-0.3, -0.25) is 0 Å². The average Bonchev–Trinajstić information content (AvgIpc) is 2.51. The predicted octanol–water partition coefficient (Wildman–Crippen LogP) is 1.54. The van der Waals surface area contributed by atoms with Crippen LogP contribution in [0.1, 0.15) is 26.2 Å². The molecule has 1 saturated heterocycles. The third-order valence-electron chi connectivity index (χ3n) is 3.16. The van der Waals surface area contributed by atoms with E-state index in [9.17, 15) is 0 Å². The molecule has 7 heteroatoms. The Labute approximate surface area is 119 Å². The second-order valence-electron chi connectivity index (χ2n) is 4.80. The van der Waals surface area contributed by atoms with Gasteiger partial charge in [0.2, 0.25) is 11.9 Å². The summed E-state index contributed by atoms with van der Waals surface area (Å²) in [7, 11) is 1.78. The van der Waals surface area contributed by atoms with Crippen LogP contribution in [0, 0.1) is 5.92 Å². The molecule has 0 spiro atoms. The highest BCUT2D eigenvalue weighted by atomic mass is 16.5. The fourth-order valence-electron chi connectivity index (χ4n) is 1.99. The molecular formula is C13H23N5O2. The van der Waals surface area contributed by atoms with E-state index in [1.54, 1.807) is 7.05 Å². The van der Waals surface area contributed by atoms with E-state index in [0.717, 1.165) is 39.0 Å². The van der Waals surface area contributed by atoms with Gasteiger partial charge in [0.1, 0.15) is 0 Å². The fourth-order valence-corrected chi connectivity index (χ4v) is 1.99. The van der Waals surface area contributed by atoms with Crippen molar-refractivity contribution in [2.45, 2.75) is 26.2 Å². The van der Waals surface area contributed by atoms with Crippen LogP contribution in [0.5, 0.6) is 6.01 Å². The van der Waals surface area contributed by atoms with Crippen molar-refractivity contribution in [2.24, 2.45) is 5.92 Å². The van der Waals surface area contributed by atoms with Crippen molar-refractivity contribution in [2.75, 3.05) is 44.0 Å². The summed E-state index contributed by atoms with van der Waals surface area (Å²) in [5.74, 6) is 1.68. The van der Waals surface area contributed by atoms with Gasteiger partial charge in [0.05, 0.1) is 6.61 Å². The second-order valence-corrected chi connectivity index (χ2v) is 4.80. The first-order chi connectivity index (χ1) is 9.81. The molecule has 0 radical (unpaired) electrons. The average molecular weight is 281 g/mol. The van der Waals surface area contributed by atoms with Crippen LogP contribution in [-0.2, 0) is 4.74 Å². The molecule has 0 aromatic carbocycles. The summed E-state index contributed by atoms with van der Waals surface area (Å²) in [5, 5.41) is 6.19. The second kappa shape index (κ2) is 7.84. The molecule has 0 atom stereocenters. The molecule has 0 unspecified atom stereocenters. The summed E-state index contributed by atoms with van der Waals surface area (Å²) in [4.78, 5) is 12.7. The van der Waals surface area contributed by atoms with Crippen molar-refractivity contribution in [3.05, 3.63) is 0 Å². The number of nitrogens with zero attached hydrogens (tertiary/aromatic N) is 3. The Kier molecular flexibility index (Phi) is 5.79. The number of hydrogen-bond donors (Lipinski definition) is 2. The molecule has 1 fully saturated rings. The highest BCUT2D eigenvalue weighted by Gasteiger charge is 2.14. The summed E-state index contributed by atoms with van der Waals surface area (Å²) in [6.45, 7) is 5.19. The zero-order valence-corrected chi connectivity index (χ0v) is 12.2. The van der Waals surface area contributed by atoms with E-state index in [-0.39, 0.29) is 0 Å². The van der Waals surface area contributed by atoms with Crippen LogP contribution in [0.2, 0.25) is 0 Å². The molecule has 0 aliphatic carbocycles. The van der Waals surface area contributed by atoms with Gasteiger partial charge < -0.3 is 20.1 Å².